The van der Waals surface area contributed by atoms with E-state index in [0.717, 1.165) is 23.1 Å². The fourth-order valence-corrected chi connectivity index (χ4v) is 1.96. The zero-order chi connectivity index (χ0) is 14.2. The Kier molecular flexibility index (Phi) is 5.07. The van der Waals surface area contributed by atoms with E-state index in [1.165, 1.54) is 18.4 Å². The molecular weight excluding hydrogens is 255 g/mol. The lowest BCUT2D eigenvalue weighted by atomic mass is 9.99. The minimum atomic E-state index is -0.239. The van der Waals surface area contributed by atoms with Crippen LogP contribution in [0.2, 0.25) is 0 Å². The van der Waals surface area contributed by atoms with Crippen molar-refractivity contribution >= 4 is 12.0 Å². The maximum absolute atomic E-state index is 12.8. The fraction of sp³-hybridized carbons (Fsp3) is 0.118. The minimum absolute atomic E-state index is 0.239. The average molecular weight is 270 g/mol. The first kappa shape index (κ1) is 14.0. The van der Waals surface area contributed by atoms with Gasteiger partial charge in [-0.3, -0.25) is 4.79 Å². The van der Waals surface area contributed by atoms with E-state index in [1.54, 1.807) is 12.1 Å². The Morgan fingerprint density at radius 1 is 1.05 bits per heavy atom. The van der Waals surface area contributed by atoms with Crippen molar-refractivity contribution in [2.45, 2.75) is 12.8 Å². The van der Waals surface area contributed by atoms with Crippen LogP contribution < -0.4 is 0 Å². The van der Waals surface area contributed by atoms with Gasteiger partial charge in [0.1, 0.15) is 5.82 Å². The summed E-state index contributed by atoms with van der Waals surface area (Å²) in [7, 11) is 0. The Bertz CT molecular complexity index is 574. The summed E-state index contributed by atoms with van der Waals surface area (Å²) >= 11 is 0. The third kappa shape index (κ3) is 4.05. The molecule has 2 nitrogen and oxygen atoms in total. The monoisotopic (exact) mass is 270 g/mol. The van der Waals surface area contributed by atoms with Crippen molar-refractivity contribution in [3.63, 3.8) is 0 Å². The van der Waals surface area contributed by atoms with E-state index in [4.69, 9.17) is 4.74 Å². The summed E-state index contributed by atoms with van der Waals surface area (Å²) in [6.45, 7) is 0.404. The van der Waals surface area contributed by atoms with Crippen LogP contribution in [0.1, 0.15) is 17.5 Å². The molecule has 0 atom stereocenters. The molecule has 0 heterocycles. The normalized spacial score (nSPS) is 11.2. The molecular formula is C17H15FO2. The van der Waals surface area contributed by atoms with Crippen LogP contribution in [0, 0.1) is 5.82 Å². The van der Waals surface area contributed by atoms with Crippen LogP contribution in [-0.4, -0.2) is 6.47 Å². The molecule has 0 aliphatic carbocycles. The van der Waals surface area contributed by atoms with E-state index in [-0.39, 0.29) is 5.82 Å². The van der Waals surface area contributed by atoms with Crippen LogP contribution in [0.25, 0.3) is 5.57 Å². The first-order valence-corrected chi connectivity index (χ1v) is 6.37. The van der Waals surface area contributed by atoms with E-state index < -0.39 is 0 Å². The topological polar surface area (TPSA) is 26.3 Å². The van der Waals surface area contributed by atoms with Gasteiger partial charge in [-0.25, -0.2) is 4.39 Å². The molecule has 0 amide bonds. The van der Waals surface area contributed by atoms with Gasteiger partial charge >= 0.3 is 0 Å². The summed E-state index contributed by atoms with van der Waals surface area (Å²) in [4.78, 5) is 10.3. The number of hydrogen-bond donors (Lipinski definition) is 0. The van der Waals surface area contributed by atoms with Crippen molar-refractivity contribution in [1.82, 2.24) is 0 Å². The van der Waals surface area contributed by atoms with Crippen molar-refractivity contribution in [3.05, 3.63) is 77.8 Å². The summed E-state index contributed by atoms with van der Waals surface area (Å²) in [6.07, 6.45) is 2.93. The van der Waals surface area contributed by atoms with Crippen molar-refractivity contribution in [3.8, 4) is 0 Å². The van der Waals surface area contributed by atoms with Crippen LogP contribution in [0.15, 0.2) is 60.9 Å². The van der Waals surface area contributed by atoms with Gasteiger partial charge in [-0.05, 0) is 41.7 Å². The molecule has 20 heavy (non-hydrogen) atoms. The van der Waals surface area contributed by atoms with Gasteiger partial charge in [0.2, 0.25) is 0 Å². The van der Waals surface area contributed by atoms with Crippen LogP contribution >= 0.6 is 0 Å². The number of rotatable bonds is 6. The highest BCUT2D eigenvalue weighted by Gasteiger charge is 2.03. The molecule has 2 aromatic carbocycles. The predicted molar refractivity (Wildman–Crippen MR) is 76.3 cm³/mol. The van der Waals surface area contributed by atoms with Gasteiger partial charge in [-0.15, -0.1) is 0 Å². The Hall–Kier alpha value is -2.42. The lowest BCUT2D eigenvalue weighted by molar-refractivity contribution is -0.123. The SMILES string of the molecule is O=CO/C=C(\CCc1ccc(F)cc1)c1ccccc1. The molecule has 0 saturated heterocycles. The lowest BCUT2D eigenvalue weighted by Crippen LogP contribution is -1.92. The molecule has 3 heteroatoms. The third-order valence-electron chi connectivity index (χ3n) is 3.01. The highest BCUT2D eigenvalue weighted by molar-refractivity contribution is 5.65. The Labute approximate surface area is 117 Å². The summed E-state index contributed by atoms with van der Waals surface area (Å²) in [6, 6.07) is 16.1. The second-order valence-electron chi connectivity index (χ2n) is 4.37. The minimum Gasteiger partial charge on any atom is -0.436 e. The number of ether oxygens (including phenoxy) is 1. The molecule has 2 rings (SSSR count). The average Bonchev–Trinajstić information content (AvgIpc) is 2.50. The number of halogens is 1. The van der Waals surface area contributed by atoms with Crippen molar-refractivity contribution in [2.24, 2.45) is 0 Å². The van der Waals surface area contributed by atoms with Gasteiger partial charge in [-0.2, -0.15) is 0 Å². The zero-order valence-electron chi connectivity index (χ0n) is 11.0. The molecule has 0 fully saturated rings. The maximum Gasteiger partial charge on any atom is 0.297 e. The van der Waals surface area contributed by atoms with Crippen molar-refractivity contribution in [2.75, 3.05) is 0 Å². The van der Waals surface area contributed by atoms with Gasteiger partial charge in [0.05, 0.1) is 6.26 Å². The van der Waals surface area contributed by atoms with E-state index in [1.807, 2.05) is 30.3 Å². The maximum atomic E-state index is 12.8. The molecule has 0 spiro atoms. The number of hydrogen-bond acceptors (Lipinski definition) is 2. The van der Waals surface area contributed by atoms with Crippen LogP contribution in [0.5, 0.6) is 0 Å². The zero-order valence-corrected chi connectivity index (χ0v) is 11.0. The number of aryl methyl sites for hydroxylation is 1. The number of carbonyl (C=O) groups excluding carboxylic acids is 1. The number of carbonyl (C=O) groups is 1. The summed E-state index contributed by atoms with van der Waals surface area (Å²) in [5, 5.41) is 0. The van der Waals surface area contributed by atoms with Crippen LogP contribution in [0.3, 0.4) is 0 Å². The smallest absolute Gasteiger partial charge is 0.297 e. The summed E-state index contributed by atoms with van der Waals surface area (Å²) in [5.74, 6) is -0.239. The second-order valence-corrected chi connectivity index (χ2v) is 4.37. The van der Waals surface area contributed by atoms with Gasteiger partial charge in [0, 0.05) is 0 Å². The molecule has 0 saturated carbocycles. The Balaban J connectivity index is 2.09. The fourth-order valence-electron chi connectivity index (χ4n) is 1.96. The lowest BCUT2D eigenvalue weighted by Gasteiger charge is -2.07. The van der Waals surface area contributed by atoms with Gasteiger partial charge < -0.3 is 4.74 Å². The van der Waals surface area contributed by atoms with Crippen LogP contribution in [0.4, 0.5) is 4.39 Å². The van der Waals surface area contributed by atoms with Gasteiger partial charge in [-0.1, -0.05) is 42.5 Å². The molecule has 0 aliphatic heterocycles. The largest absolute Gasteiger partial charge is 0.436 e. The number of benzene rings is 2. The first-order chi connectivity index (χ1) is 9.79. The second kappa shape index (κ2) is 7.24. The highest BCUT2D eigenvalue weighted by atomic mass is 19.1. The summed E-state index contributed by atoms with van der Waals surface area (Å²) < 4.78 is 17.6. The first-order valence-electron chi connectivity index (χ1n) is 6.37. The Morgan fingerprint density at radius 3 is 2.40 bits per heavy atom. The van der Waals surface area contributed by atoms with E-state index in [0.29, 0.717) is 12.9 Å². The quantitative estimate of drug-likeness (QED) is 0.586. The standard InChI is InChI=1S/C17H15FO2/c18-17-10-7-14(8-11-17)6-9-16(12-20-13-19)15-4-2-1-3-5-15/h1-5,7-8,10-13H,6,9H2/b16-12+. The van der Waals surface area contributed by atoms with E-state index in [2.05, 4.69) is 0 Å². The molecule has 0 radical (unpaired) electrons. The molecule has 2 aromatic rings. The molecule has 0 unspecified atom stereocenters. The van der Waals surface area contributed by atoms with Gasteiger partial charge in [0.15, 0.2) is 0 Å². The third-order valence-corrected chi connectivity index (χ3v) is 3.01. The molecule has 0 aliphatic rings. The van der Waals surface area contributed by atoms with Gasteiger partial charge in [0.25, 0.3) is 6.47 Å². The molecule has 0 aromatic heterocycles. The Morgan fingerprint density at radius 2 is 1.75 bits per heavy atom. The van der Waals surface area contributed by atoms with Crippen molar-refractivity contribution < 1.29 is 13.9 Å². The van der Waals surface area contributed by atoms with Crippen molar-refractivity contribution in [1.29, 1.82) is 0 Å². The predicted octanol–water partition coefficient (Wildman–Crippen LogP) is 3.97. The van der Waals surface area contributed by atoms with E-state index in [9.17, 15) is 9.18 Å². The molecule has 0 bridgehead atoms. The van der Waals surface area contributed by atoms with Crippen LogP contribution in [-0.2, 0) is 16.0 Å². The van der Waals surface area contributed by atoms with E-state index >= 15 is 0 Å². The highest BCUT2D eigenvalue weighted by Crippen LogP contribution is 2.20. The number of allylic oxidation sites excluding steroid dienone is 1. The summed E-state index contributed by atoms with van der Waals surface area (Å²) in [5.41, 5.74) is 2.98. The molecule has 0 N–H and O–H groups in total. The molecule has 102 valence electrons.